The van der Waals surface area contributed by atoms with E-state index in [1.165, 1.54) is 30.6 Å². The molecule has 7 nitrogen and oxygen atoms in total. The molecule has 0 aliphatic carbocycles. The molecular formula is C18H28N4O3S. The summed E-state index contributed by atoms with van der Waals surface area (Å²) in [4.78, 5) is 38.2. The van der Waals surface area contributed by atoms with Gasteiger partial charge >= 0.3 is 0 Å². The van der Waals surface area contributed by atoms with Crippen molar-refractivity contribution >= 4 is 29.1 Å². The van der Waals surface area contributed by atoms with E-state index in [0.29, 0.717) is 17.5 Å². The molecule has 0 bridgehead atoms. The van der Waals surface area contributed by atoms with Crippen LogP contribution in [0.25, 0.3) is 0 Å². The summed E-state index contributed by atoms with van der Waals surface area (Å²) in [7, 11) is 0. The van der Waals surface area contributed by atoms with Crippen molar-refractivity contribution in [1.29, 1.82) is 0 Å². The predicted molar refractivity (Wildman–Crippen MR) is 102 cm³/mol. The third-order valence-electron chi connectivity index (χ3n) is 4.49. The minimum atomic E-state index is -0.382. The molecule has 0 saturated carbocycles. The summed E-state index contributed by atoms with van der Waals surface area (Å²) in [6, 6.07) is 4.09. The van der Waals surface area contributed by atoms with Crippen LogP contribution in [0.4, 0.5) is 0 Å². The first-order chi connectivity index (χ1) is 12.6. The molecule has 1 atom stereocenters. The first kappa shape index (κ1) is 20.4. The van der Waals surface area contributed by atoms with Gasteiger partial charge in [0.25, 0.3) is 5.91 Å². The molecule has 1 saturated heterocycles. The van der Waals surface area contributed by atoms with E-state index in [-0.39, 0.29) is 30.8 Å². The second-order valence-electron chi connectivity index (χ2n) is 6.52. The number of piperidine rings is 1. The fraction of sp³-hybridized carbons (Fsp3) is 0.611. The highest BCUT2D eigenvalue weighted by Gasteiger charge is 2.17. The van der Waals surface area contributed by atoms with Crippen LogP contribution in [0, 0.1) is 0 Å². The lowest BCUT2D eigenvalue weighted by molar-refractivity contribution is -0.125. The zero-order valence-electron chi connectivity index (χ0n) is 15.3. The number of amides is 3. The molecule has 0 spiro atoms. The van der Waals surface area contributed by atoms with Crippen molar-refractivity contribution in [3.05, 3.63) is 22.4 Å². The van der Waals surface area contributed by atoms with Crippen LogP contribution in [0.1, 0.15) is 42.3 Å². The van der Waals surface area contributed by atoms with E-state index < -0.39 is 0 Å². The van der Waals surface area contributed by atoms with Gasteiger partial charge in [-0.1, -0.05) is 12.5 Å². The molecule has 0 radical (unpaired) electrons. The van der Waals surface area contributed by atoms with E-state index in [4.69, 9.17) is 0 Å². The van der Waals surface area contributed by atoms with Crippen LogP contribution < -0.4 is 16.0 Å². The number of hydrogen-bond donors (Lipinski definition) is 3. The molecule has 144 valence electrons. The smallest absolute Gasteiger partial charge is 0.261 e. The minimum Gasteiger partial charge on any atom is -0.355 e. The normalized spacial score (nSPS) is 17.5. The Kier molecular flexibility index (Phi) is 8.57. The lowest BCUT2D eigenvalue weighted by Gasteiger charge is -2.33. The van der Waals surface area contributed by atoms with Gasteiger partial charge in [-0.2, -0.15) is 0 Å². The molecule has 1 aromatic heterocycles. The number of carbonyl (C=O) groups excluding carboxylic acids is 3. The maximum atomic E-state index is 11.8. The summed E-state index contributed by atoms with van der Waals surface area (Å²) in [5.41, 5.74) is 0. The molecule has 1 fully saturated rings. The van der Waals surface area contributed by atoms with E-state index >= 15 is 0 Å². The predicted octanol–water partition coefficient (Wildman–Crippen LogP) is 0.975. The minimum absolute atomic E-state index is 0.0756. The molecule has 2 rings (SSSR count). The van der Waals surface area contributed by atoms with Gasteiger partial charge in [-0.05, 0) is 44.2 Å². The average Bonchev–Trinajstić information content (AvgIpc) is 3.17. The van der Waals surface area contributed by atoms with Gasteiger partial charge in [-0.3, -0.25) is 14.4 Å². The maximum absolute atomic E-state index is 11.8. The zero-order chi connectivity index (χ0) is 18.8. The molecule has 8 heteroatoms. The third kappa shape index (κ3) is 7.13. The van der Waals surface area contributed by atoms with Gasteiger partial charge < -0.3 is 20.9 Å². The van der Waals surface area contributed by atoms with Crippen molar-refractivity contribution in [2.24, 2.45) is 0 Å². The Balaban J connectivity index is 1.51. The van der Waals surface area contributed by atoms with Crippen LogP contribution in [0.15, 0.2) is 17.5 Å². The summed E-state index contributed by atoms with van der Waals surface area (Å²) in [5.74, 6) is -0.881. The SMILES string of the molecule is C[C@H]1CCCCN1CCCNC(=O)CNC(=O)CNC(=O)c1cccs1. The molecule has 26 heavy (non-hydrogen) atoms. The van der Waals surface area contributed by atoms with Crippen molar-refractivity contribution < 1.29 is 14.4 Å². The summed E-state index contributed by atoms with van der Waals surface area (Å²) in [6.45, 7) is 4.77. The highest BCUT2D eigenvalue weighted by atomic mass is 32.1. The number of carbonyl (C=O) groups is 3. The van der Waals surface area contributed by atoms with Gasteiger partial charge in [-0.15, -0.1) is 11.3 Å². The monoisotopic (exact) mass is 380 g/mol. The molecule has 3 N–H and O–H groups in total. The van der Waals surface area contributed by atoms with Gasteiger partial charge in [0.1, 0.15) is 0 Å². The second-order valence-corrected chi connectivity index (χ2v) is 7.47. The van der Waals surface area contributed by atoms with Crippen molar-refractivity contribution in [3.63, 3.8) is 0 Å². The summed E-state index contributed by atoms with van der Waals surface area (Å²) in [5, 5.41) is 9.64. The van der Waals surface area contributed by atoms with E-state index in [1.807, 2.05) is 0 Å². The van der Waals surface area contributed by atoms with E-state index in [2.05, 4.69) is 27.8 Å². The van der Waals surface area contributed by atoms with Gasteiger partial charge in [0.2, 0.25) is 11.8 Å². The van der Waals surface area contributed by atoms with Crippen LogP contribution in [-0.4, -0.2) is 61.4 Å². The zero-order valence-corrected chi connectivity index (χ0v) is 16.1. The molecule has 0 aromatic carbocycles. The highest BCUT2D eigenvalue weighted by molar-refractivity contribution is 7.12. The van der Waals surface area contributed by atoms with Crippen LogP contribution in [0.5, 0.6) is 0 Å². The summed E-state index contributed by atoms with van der Waals surface area (Å²) in [6.07, 6.45) is 4.72. The van der Waals surface area contributed by atoms with Gasteiger partial charge in [-0.25, -0.2) is 0 Å². The van der Waals surface area contributed by atoms with Crippen molar-refractivity contribution in [2.45, 2.75) is 38.6 Å². The summed E-state index contributed by atoms with van der Waals surface area (Å²) >= 11 is 1.31. The van der Waals surface area contributed by atoms with Gasteiger partial charge in [0.05, 0.1) is 18.0 Å². The van der Waals surface area contributed by atoms with E-state index in [0.717, 1.165) is 19.5 Å². The first-order valence-electron chi connectivity index (χ1n) is 9.15. The van der Waals surface area contributed by atoms with Crippen molar-refractivity contribution in [2.75, 3.05) is 32.7 Å². The van der Waals surface area contributed by atoms with Crippen molar-refractivity contribution in [3.8, 4) is 0 Å². The standard InChI is InChI=1S/C18H28N4O3S/c1-14-6-2-3-9-22(14)10-5-8-19-16(23)12-20-17(24)13-21-18(25)15-7-4-11-26-15/h4,7,11,14H,2-3,5-6,8-10,12-13H2,1H3,(H,19,23)(H,20,24)(H,21,25)/t14-/m0/s1. The van der Waals surface area contributed by atoms with E-state index in [1.54, 1.807) is 17.5 Å². The lowest BCUT2D eigenvalue weighted by Crippen LogP contribution is -2.43. The first-order valence-corrected chi connectivity index (χ1v) is 10.0. The van der Waals surface area contributed by atoms with Crippen LogP contribution >= 0.6 is 11.3 Å². The molecular weight excluding hydrogens is 352 g/mol. The Morgan fingerprint density at radius 3 is 2.65 bits per heavy atom. The Morgan fingerprint density at radius 2 is 1.92 bits per heavy atom. The van der Waals surface area contributed by atoms with Crippen LogP contribution in [0.3, 0.4) is 0 Å². The number of rotatable bonds is 9. The number of likely N-dealkylation sites (tertiary alicyclic amines) is 1. The fourth-order valence-electron chi connectivity index (χ4n) is 2.96. The quantitative estimate of drug-likeness (QED) is 0.557. The van der Waals surface area contributed by atoms with Gasteiger partial charge in [0, 0.05) is 19.1 Å². The summed E-state index contributed by atoms with van der Waals surface area (Å²) < 4.78 is 0. The molecule has 0 unspecified atom stereocenters. The number of thiophene rings is 1. The lowest BCUT2D eigenvalue weighted by atomic mass is 10.0. The number of nitrogens with one attached hydrogen (secondary N) is 3. The third-order valence-corrected chi connectivity index (χ3v) is 5.35. The van der Waals surface area contributed by atoms with Crippen LogP contribution in [-0.2, 0) is 9.59 Å². The molecule has 2 heterocycles. The highest BCUT2D eigenvalue weighted by Crippen LogP contribution is 2.15. The Morgan fingerprint density at radius 1 is 1.15 bits per heavy atom. The topological polar surface area (TPSA) is 90.5 Å². The van der Waals surface area contributed by atoms with E-state index in [9.17, 15) is 14.4 Å². The molecule has 1 aliphatic heterocycles. The second kappa shape index (κ2) is 10.9. The largest absolute Gasteiger partial charge is 0.355 e. The maximum Gasteiger partial charge on any atom is 0.261 e. The van der Waals surface area contributed by atoms with Gasteiger partial charge in [0.15, 0.2) is 0 Å². The molecule has 1 aromatic rings. The van der Waals surface area contributed by atoms with Crippen molar-refractivity contribution in [1.82, 2.24) is 20.9 Å². The Bertz CT molecular complexity index is 591. The number of hydrogen-bond acceptors (Lipinski definition) is 5. The Labute approximate surface area is 158 Å². The Hall–Kier alpha value is -1.93. The average molecular weight is 381 g/mol. The van der Waals surface area contributed by atoms with Crippen LogP contribution in [0.2, 0.25) is 0 Å². The molecule has 1 aliphatic rings. The fourth-order valence-corrected chi connectivity index (χ4v) is 3.60. The number of nitrogens with zero attached hydrogens (tertiary/aromatic N) is 1. The molecule has 3 amide bonds.